The number of aliphatic hydroxyl groups is 1. The summed E-state index contributed by atoms with van der Waals surface area (Å²) in [7, 11) is 0. The van der Waals surface area contributed by atoms with Crippen LogP contribution in [0.25, 0.3) is 0 Å². The SMILES string of the molecule is C[C@@H](N)C(=O)N1CCOCC1CC(O)c1cccs1. The summed E-state index contributed by atoms with van der Waals surface area (Å²) in [6, 6.07) is 3.19. The van der Waals surface area contributed by atoms with Gasteiger partial charge in [0.25, 0.3) is 0 Å². The van der Waals surface area contributed by atoms with E-state index in [-0.39, 0.29) is 11.9 Å². The first-order chi connectivity index (χ1) is 9.09. The Bertz CT molecular complexity index is 408. The average molecular weight is 284 g/mol. The van der Waals surface area contributed by atoms with E-state index in [9.17, 15) is 9.90 Å². The zero-order valence-electron chi connectivity index (χ0n) is 11.0. The molecule has 1 aliphatic rings. The third-order valence-corrected chi connectivity index (χ3v) is 4.24. The molecule has 1 aromatic heterocycles. The Morgan fingerprint density at radius 3 is 3.16 bits per heavy atom. The van der Waals surface area contributed by atoms with E-state index in [1.807, 2.05) is 17.5 Å². The lowest BCUT2D eigenvalue weighted by Crippen LogP contribution is -2.53. The second-order valence-corrected chi connectivity index (χ2v) is 5.80. The van der Waals surface area contributed by atoms with Gasteiger partial charge in [0.15, 0.2) is 0 Å². The molecule has 1 aliphatic heterocycles. The molecule has 5 nitrogen and oxygen atoms in total. The van der Waals surface area contributed by atoms with Crippen molar-refractivity contribution >= 4 is 17.2 Å². The fourth-order valence-corrected chi connectivity index (χ4v) is 2.98. The maximum atomic E-state index is 12.0. The van der Waals surface area contributed by atoms with E-state index in [4.69, 9.17) is 10.5 Å². The lowest BCUT2D eigenvalue weighted by Gasteiger charge is -2.37. The number of nitrogens with zero attached hydrogens (tertiary/aromatic N) is 1. The molecule has 1 fully saturated rings. The zero-order chi connectivity index (χ0) is 13.8. The second kappa shape index (κ2) is 6.47. The Balaban J connectivity index is 2.01. The smallest absolute Gasteiger partial charge is 0.239 e. The number of nitrogens with two attached hydrogens (primary N) is 1. The minimum Gasteiger partial charge on any atom is -0.387 e. The van der Waals surface area contributed by atoms with Crippen molar-refractivity contribution in [3.8, 4) is 0 Å². The van der Waals surface area contributed by atoms with Gasteiger partial charge in [0.2, 0.25) is 5.91 Å². The Kier molecular flexibility index (Phi) is 4.93. The predicted octanol–water partition coefficient (Wildman–Crippen LogP) is 0.746. The van der Waals surface area contributed by atoms with Gasteiger partial charge >= 0.3 is 0 Å². The van der Waals surface area contributed by atoms with Crippen molar-refractivity contribution in [2.75, 3.05) is 19.8 Å². The Hall–Kier alpha value is -0.950. The van der Waals surface area contributed by atoms with Gasteiger partial charge in [-0.05, 0) is 18.4 Å². The van der Waals surface area contributed by atoms with E-state index in [0.29, 0.717) is 26.2 Å². The molecule has 2 heterocycles. The number of hydrogen-bond donors (Lipinski definition) is 2. The van der Waals surface area contributed by atoms with Gasteiger partial charge in [-0.1, -0.05) is 6.07 Å². The number of ether oxygens (including phenoxy) is 1. The Morgan fingerprint density at radius 1 is 1.74 bits per heavy atom. The molecular formula is C13H20N2O3S. The van der Waals surface area contributed by atoms with E-state index in [1.165, 1.54) is 11.3 Å². The molecule has 1 saturated heterocycles. The number of thiophene rings is 1. The number of hydrogen-bond acceptors (Lipinski definition) is 5. The van der Waals surface area contributed by atoms with Gasteiger partial charge in [-0.15, -0.1) is 11.3 Å². The minimum atomic E-state index is -0.560. The number of carbonyl (C=O) groups is 1. The number of rotatable bonds is 4. The number of amides is 1. The molecule has 0 aliphatic carbocycles. The highest BCUT2D eigenvalue weighted by Crippen LogP contribution is 2.26. The molecule has 6 heteroatoms. The fraction of sp³-hybridized carbons (Fsp3) is 0.615. The van der Waals surface area contributed by atoms with Crippen LogP contribution in [0.1, 0.15) is 24.3 Å². The molecule has 19 heavy (non-hydrogen) atoms. The molecule has 0 radical (unpaired) electrons. The van der Waals surface area contributed by atoms with Crippen LogP contribution in [0, 0.1) is 0 Å². The summed E-state index contributed by atoms with van der Waals surface area (Å²) in [5, 5.41) is 12.1. The van der Waals surface area contributed by atoms with Gasteiger partial charge in [0, 0.05) is 17.8 Å². The molecule has 1 amide bonds. The lowest BCUT2D eigenvalue weighted by molar-refractivity contribution is -0.142. The summed E-state index contributed by atoms with van der Waals surface area (Å²) in [6.45, 7) is 3.22. The topological polar surface area (TPSA) is 75.8 Å². The first-order valence-electron chi connectivity index (χ1n) is 6.45. The highest BCUT2D eigenvalue weighted by atomic mass is 32.1. The van der Waals surface area contributed by atoms with Crippen molar-refractivity contribution in [1.29, 1.82) is 0 Å². The van der Waals surface area contributed by atoms with Gasteiger partial charge in [0.05, 0.1) is 31.4 Å². The molecule has 3 atom stereocenters. The maximum absolute atomic E-state index is 12.0. The third-order valence-electron chi connectivity index (χ3n) is 3.27. The highest BCUT2D eigenvalue weighted by Gasteiger charge is 2.30. The molecule has 106 valence electrons. The van der Waals surface area contributed by atoms with Crippen LogP contribution < -0.4 is 5.73 Å². The van der Waals surface area contributed by atoms with Crippen LogP contribution >= 0.6 is 11.3 Å². The Morgan fingerprint density at radius 2 is 2.53 bits per heavy atom. The summed E-state index contributed by atoms with van der Waals surface area (Å²) in [5.74, 6) is -0.0771. The summed E-state index contributed by atoms with van der Waals surface area (Å²) < 4.78 is 5.42. The van der Waals surface area contributed by atoms with Gasteiger partial charge in [-0.3, -0.25) is 4.79 Å². The minimum absolute atomic E-state index is 0.0771. The zero-order valence-corrected chi connectivity index (χ0v) is 11.8. The van der Waals surface area contributed by atoms with Crippen LogP contribution in [0.3, 0.4) is 0 Å². The number of morpholine rings is 1. The Labute approximate surface area is 117 Å². The van der Waals surface area contributed by atoms with Crippen LogP contribution in [0.4, 0.5) is 0 Å². The van der Waals surface area contributed by atoms with Crippen LogP contribution in [-0.2, 0) is 9.53 Å². The van der Waals surface area contributed by atoms with Crippen molar-refractivity contribution in [2.24, 2.45) is 5.73 Å². The van der Waals surface area contributed by atoms with Crippen molar-refractivity contribution in [3.05, 3.63) is 22.4 Å². The predicted molar refractivity (Wildman–Crippen MR) is 73.9 cm³/mol. The number of carbonyl (C=O) groups excluding carboxylic acids is 1. The summed E-state index contributed by atoms with van der Waals surface area (Å²) in [4.78, 5) is 14.7. The fourth-order valence-electron chi connectivity index (χ4n) is 2.26. The first kappa shape index (κ1) is 14.5. The van der Waals surface area contributed by atoms with Crippen LogP contribution in [0.2, 0.25) is 0 Å². The molecule has 2 unspecified atom stereocenters. The molecule has 0 aromatic carbocycles. The van der Waals surface area contributed by atoms with E-state index in [0.717, 1.165) is 4.88 Å². The molecule has 2 rings (SSSR count). The van der Waals surface area contributed by atoms with E-state index in [1.54, 1.807) is 11.8 Å². The van der Waals surface area contributed by atoms with Crippen LogP contribution in [-0.4, -0.2) is 47.8 Å². The van der Waals surface area contributed by atoms with Gasteiger partial charge in [0.1, 0.15) is 0 Å². The molecular weight excluding hydrogens is 264 g/mol. The molecule has 1 aromatic rings. The number of aliphatic hydroxyl groups excluding tert-OH is 1. The summed E-state index contributed by atoms with van der Waals surface area (Å²) in [5.41, 5.74) is 5.66. The molecule has 0 saturated carbocycles. The highest BCUT2D eigenvalue weighted by molar-refractivity contribution is 7.10. The van der Waals surface area contributed by atoms with Crippen molar-refractivity contribution in [3.63, 3.8) is 0 Å². The van der Waals surface area contributed by atoms with Crippen LogP contribution in [0.5, 0.6) is 0 Å². The van der Waals surface area contributed by atoms with E-state index in [2.05, 4.69) is 0 Å². The standard InChI is InChI=1S/C13H20N2O3S/c1-9(14)13(17)15-4-5-18-8-10(15)7-11(16)12-3-2-6-19-12/h2-3,6,9-11,16H,4-5,7-8,14H2,1H3/t9-,10?,11?/m1/s1. The molecule has 0 bridgehead atoms. The largest absolute Gasteiger partial charge is 0.387 e. The first-order valence-corrected chi connectivity index (χ1v) is 7.33. The van der Waals surface area contributed by atoms with Gasteiger partial charge in [-0.2, -0.15) is 0 Å². The van der Waals surface area contributed by atoms with Crippen molar-refractivity contribution < 1.29 is 14.6 Å². The normalized spacial score (nSPS) is 23.1. The maximum Gasteiger partial charge on any atom is 0.239 e. The lowest BCUT2D eigenvalue weighted by atomic mass is 10.0. The van der Waals surface area contributed by atoms with Gasteiger partial charge in [-0.25, -0.2) is 0 Å². The van der Waals surface area contributed by atoms with Crippen molar-refractivity contribution in [1.82, 2.24) is 4.90 Å². The third kappa shape index (κ3) is 3.54. The molecule has 0 spiro atoms. The summed E-state index contributed by atoms with van der Waals surface area (Å²) >= 11 is 1.52. The van der Waals surface area contributed by atoms with E-state index < -0.39 is 12.1 Å². The quantitative estimate of drug-likeness (QED) is 0.855. The monoisotopic (exact) mass is 284 g/mol. The van der Waals surface area contributed by atoms with E-state index >= 15 is 0 Å². The van der Waals surface area contributed by atoms with Crippen molar-refractivity contribution in [2.45, 2.75) is 31.5 Å². The molecule has 3 N–H and O–H groups in total. The van der Waals surface area contributed by atoms with Gasteiger partial charge < -0.3 is 20.5 Å². The average Bonchev–Trinajstić information content (AvgIpc) is 2.92. The second-order valence-electron chi connectivity index (χ2n) is 4.82. The van der Waals surface area contributed by atoms with Crippen LogP contribution in [0.15, 0.2) is 17.5 Å². The summed E-state index contributed by atoms with van der Waals surface area (Å²) in [6.07, 6.45) is -0.0750.